The summed E-state index contributed by atoms with van der Waals surface area (Å²) in [5, 5.41) is 9.10. The molecule has 0 bridgehead atoms. The Labute approximate surface area is 143 Å². The monoisotopic (exact) mass is 347 g/mol. The van der Waals surface area contributed by atoms with E-state index in [-0.39, 0.29) is 17.2 Å². The van der Waals surface area contributed by atoms with E-state index >= 15 is 0 Å². The van der Waals surface area contributed by atoms with E-state index in [9.17, 15) is 9.18 Å². The molecule has 7 heteroatoms. The maximum atomic E-state index is 13.8. The Bertz CT molecular complexity index is 791. The van der Waals surface area contributed by atoms with Crippen molar-refractivity contribution in [3.05, 3.63) is 58.3 Å². The molecule has 0 aliphatic carbocycles. The molecule has 0 unspecified atom stereocenters. The van der Waals surface area contributed by atoms with Crippen LogP contribution >= 0.6 is 11.6 Å². The fourth-order valence-electron chi connectivity index (χ4n) is 2.68. The first kappa shape index (κ1) is 16.5. The Kier molecular flexibility index (Phi) is 4.84. The molecule has 2 heterocycles. The smallest absolute Gasteiger partial charge is 0.256 e. The first-order valence-electron chi connectivity index (χ1n) is 7.52. The van der Waals surface area contributed by atoms with E-state index in [2.05, 4.69) is 4.90 Å². The SMILES string of the molecule is N#Cc1ccc(CN2CCN(C(=O)c3cc(Cl)ccc3F)CC2)o1. The number of nitrogens with zero attached hydrogens (tertiary/aromatic N) is 3. The Balaban J connectivity index is 1.59. The molecule has 1 aliphatic heterocycles. The lowest BCUT2D eigenvalue weighted by Gasteiger charge is -2.34. The Morgan fingerprint density at radius 3 is 2.67 bits per heavy atom. The summed E-state index contributed by atoms with van der Waals surface area (Å²) in [6.07, 6.45) is 0. The molecule has 0 saturated carbocycles. The zero-order valence-electron chi connectivity index (χ0n) is 12.8. The van der Waals surface area contributed by atoms with Gasteiger partial charge in [-0.05, 0) is 30.3 Å². The van der Waals surface area contributed by atoms with Gasteiger partial charge < -0.3 is 9.32 Å². The average molecular weight is 348 g/mol. The highest BCUT2D eigenvalue weighted by Gasteiger charge is 2.24. The zero-order valence-corrected chi connectivity index (χ0v) is 13.6. The number of rotatable bonds is 3. The molecule has 0 N–H and O–H groups in total. The van der Waals surface area contributed by atoms with Crippen LogP contribution in [-0.4, -0.2) is 41.9 Å². The summed E-state index contributed by atoms with van der Waals surface area (Å²) in [7, 11) is 0. The predicted octanol–water partition coefficient (Wildman–Crippen LogP) is 2.90. The van der Waals surface area contributed by atoms with Crippen LogP contribution in [0.5, 0.6) is 0 Å². The number of piperazine rings is 1. The second-order valence-electron chi connectivity index (χ2n) is 5.57. The average Bonchev–Trinajstić information content (AvgIpc) is 3.05. The van der Waals surface area contributed by atoms with E-state index in [0.717, 1.165) is 0 Å². The van der Waals surface area contributed by atoms with Gasteiger partial charge in [0.1, 0.15) is 17.6 Å². The topological polar surface area (TPSA) is 60.5 Å². The molecule has 1 amide bonds. The highest BCUT2D eigenvalue weighted by atomic mass is 35.5. The minimum absolute atomic E-state index is 0.000599. The molecule has 124 valence electrons. The molecule has 1 aliphatic rings. The fraction of sp³-hybridized carbons (Fsp3) is 0.294. The normalized spacial score (nSPS) is 15.3. The third kappa shape index (κ3) is 3.58. The summed E-state index contributed by atoms with van der Waals surface area (Å²) in [5.41, 5.74) is 0.000599. The van der Waals surface area contributed by atoms with Crippen molar-refractivity contribution in [3.8, 4) is 6.07 Å². The lowest BCUT2D eigenvalue weighted by Crippen LogP contribution is -2.48. The number of benzene rings is 1. The molecule has 24 heavy (non-hydrogen) atoms. The van der Waals surface area contributed by atoms with Gasteiger partial charge in [-0.3, -0.25) is 9.69 Å². The second kappa shape index (κ2) is 7.04. The van der Waals surface area contributed by atoms with Crippen molar-refractivity contribution >= 4 is 17.5 Å². The third-order valence-corrected chi connectivity index (χ3v) is 4.20. The number of nitriles is 1. The summed E-state index contributed by atoms with van der Waals surface area (Å²) in [5.74, 6) is 0.0910. The van der Waals surface area contributed by atoms with Crippen molar-refractivity contribution in [2.45, 2.75) is 6.54 Å². The van der Waals surface area contributed by atoms with Gasteiger partial charge in [0.05, 0.1) is 12.1 Å². The number of amides is 1. The molecule has 1 saturated heterocycles. The molecule has 2 aromatic rings. The van der Waals surface area contributed by atoms with Gasteiger partial charge in [0.25, 0.3) is 5.91 Å². The molecule has 0 atom stereocenters. The number of carbonyl (C=O) groups excluding carboxylic acids is 1. The Morgan fingerprint density at radius 2 is 2.00 bits per heavy atom. The van der Waals surface area contributed by atoms with Crippen molar-refractivity contribution in [2.24, 2.45) is 0 Å². The number of hydrogen-bond acceptors (Lipinski definition) is 4. The Hall–Kier alpha value is -2.36. The molecule has 0 radical (unpaired) electrons. The van der Waals surface area contributed by atoms with E-state index in [1.807, 2.05) is 6.07 Å². The van der Waals surface area contributed by atoms with Crippen LogP contribution in [0.25, 0.3) is 0 Å². The van der Waals surface area contributed by atoms with Crippen LogP contribution in [0, 0.1) is 17.1 Å². The zero-order chi connectivity index (χ0) is 17.1. The standard InChI is InChI=1S/C17H15ClFN3O2/c18-12-1-4-16(19)15(9-12)17(23)22-7-5-21(6-8-22)11-14-3-2-13(10-20)24-14/h1-4,9H,5-8,11H2. The summed E-state index contributed by atoms with van der Waals surface area (Å²) >= 11 is 5.85. The van der Waals surface area contributed by atoms with E-state index in [0.29, 0.717) is 43.5 Å². The second-order valence-corrected chi connectivity index (χ2v) is 6.01. The minimum atomic E-state index is -0.563. The lowest BCUT2D eigenvalue weighted by molar-refractivity contribution is 0.0616. The van der Waals surface area contributed by atoms with Crippen molar-refractivity contribution in [3.63, 3.8) is 0 Å². The van der Waals surface area contributed by atoms with Crippen LogP contribution in [0.1, 0.15) is 21.9 Å². The van der Waals surface area contributed by atoms with Crippen LogP contribution in [0.2, 0.25) is 5.02 Å². The van der Waals surface area contributed by atoms with Gasteiger partial charge in [-0.15, -0.1) is 0 Å². The Morgan fingerprint density at radius 1 is 1.25 bits per heavy atom. The van der Waals surface area contributed by atoms with Gasteiger partial charge >= 0.3 is 0 Å². The molecule has 1 fully saturated rings. The van der Waals surface area contributed by atoms with E-state index < -0.39 is 5.82 Å². The highest BCUT2D eigenvalue weighted by molar-refractivity contribution is 6.31. The van der Waals surface area contributed by atoms with Gasteiger partial charge in [-0.2, -0.15) is 5.26 Å². The number of furan rings is 1. The van der Waals surface area contributed by atoms with Crippen molar-refractivity contribution in [1.29, 1.82) is 5.26 Å². The molecule has 3 rings (SSSR count). The number of carbonyl (C=O) groups is 1. The van der Waals surface area contributed by atoms with Crippen LogP contribution < -0.4 is 0 Å². The van der Waals surface area contributed by atoms with Crippen LogP contribution in [0.15, 0.2) is 34.7 Å². The van der Waals surface area contributed by atoms with Gasteiger partial charge in [0, 0.05) is 31.2 Å². The molecule has 5 nitrogen and oxygen atoms in total. The highest BCUT2D eigenvalue weighted by Crippen LogP contribution is 2.18. The quantitative estimate of drug-likeness (QED) is 0.856. The molecule has 0 spiro atoms. The van der Waals surface area contributed by atoms with Crippen LogP contribution in [-0.2, 0) is 6.54 Å². The van der Waals surface area contributed by atoms with Crippen LogP contribution in [0.4, 0.5) is 4.39 Å². The number of halogens is 2. The molecular weight excluding hydrogens is 333 g/mol. The van der Waals surface area contributed by atoms with Crippen molar-refractivity contribution in [1.82, 2.24) is 9.80 Å². The van der Waals surface area contributed by atoms with Crippen molar-refractivity contribution < 1.29 is 13.6 Å². The minimum Gasteiger partial charge on any atom is -0.449 e. The van der Waals surface area contributed by atoms with Gasteiger partial charge in [-0.1, -0.05) is 11.6 Å². The first-order valence-corrected chi connectivity index (χ1v) is 7.90. The number of hydrogen-bond donors (Lipinski definition) is 0. The van der Waals surface area contributed by atoms with E-state index in [1.54, 1.807) is 17.0 Å². The van der Waals surface area contributed by atoms with E-state index in [4.69, 9.17) is 21.3 Å². The summed E-state index contributed by atoms with van der Waals surface area (Å²) in [4.78, 5) is 16.2. The van der Waals surface area contributed by atoms with Crippen LogP contribution in [0.3, 0.4) is 0 Å². The fourth-order valence-corrected chi connectivity index (χ4v) is 2.86. The van der Waals surface area contributed by atoms with Gasteiger partial charge in [0.15, 0.2) is 0 Å². The maximum Gasteiger partial charge on any atom is 0.256 e. The predicted molar refractivity (Wildman–Crippen MR) is 86.0 cm³/mol. The molecular formula is C17H15ClFN3O2. The summed E-state index contributed by atoms with van der Waals surface area (Å²) < 4.78 is 19.2. The summed E-state index contributed by atoms with van der Waals surface area (Å²) in [6, 6.07) is 9.35. The summed E-state index contributed by atoms with van der Waals surface area (Å²) in [6.45, 7) is 2.87. The van der Waals surface area contributed by atoms with Gasteiger partial charge in [0.2, 0.25) is 5.76 Å². The third-order valence-electron chi connectivity index (χ3n) is 3.97. The maximum absolute atomic E-state index is 13.8. The van der Waals surface area contributed by atoms with Crippen molar-refractivity contribution in [2.75, 3.05) is 26.2 Å². The van der Waals surface area contributed by atoms with E-state index in [1.165, 1.54) is 18.2 Å². The molecule has 1 aromatic carbocycles. The largest absolute Gasteiger partial charge is 0.449 e. The molecule has 1 aromatic heterocycles. The van der Waals surface area contributed by atoms with Gasteiger partial charge in [-0.25, -0.2) is 4.39 Å². The first-order chi connectivity index (χ1) is 11.6. The lowest BCUT2D eigenvalue weighted by atomic mass is 10.1.